The Balaban J connectivity index is 1.46. The molecule has 41 heavy (non-hydrogen) atoms. The lowest BCUT2D eigenvalue weighted by Crippen LogP contribution is -2.39. The van der Waals surface area contributed by atoms with Crippen LogP contribution in [-0.4, -0.2) is 53.2 Å². The fraction of sp³-hybridized carbons (Fsp3) is 0.194. The lowest BCUT2D eigenvalue weighted by atomic mass is 9.93. The van der Waals surface area contributed by atoms with Crippen molar-refractivity contribution in [1.82, 2.24) is 4.90 Å². The third-order valence-corrected chi connectivity index (χ3v) is 8.33. The van der Waals surface area contributed by atoms with Crippen molar-refractivity contribution >= 4 is 55.6 Å². The van der Waals surface area contributed by atoms with Gasteiger partial charge in [0, 0.05) is 37.6 Å². The zero-order valence-electron chi connectivity index (χ0n) is 22.0. The molecule has 1 atom stereocenters. The largest absolute Gasteiger partial charge is 0.507 e. The topological polar surface area (TPSA) is 130 Å². The first-order valence-corrected chi connectivity index (χ1v) is 13.8. The second kappa shape index (κ2) is 10.4. The Morgan fingerprint density at radius 2 is 1.85 bits per heavy atom. The average Bonchev–Trinajstić information content (AvgIpc) is 3.18. The van der Waals surface area contributed by atoms with Crippen LogP contribution in [0.5, 0.6) is 5.75 Å². The van der Waals surface area contributed by atoms with Crippen LogP contribution in [0.15, 0.2) is 75.4 Å². The lowest BCUT2D eigenvalue weighted by molar-refractivity contribution is 0.0692. The van der Waals surface area contributed by atoms with E-state index in [1.54, 1.807) is 18.2 Å². The zero-order chi connectivity index (χ0) is 28.8. The van der Waals surface area contributed by atoms with E-state index in [1.807, 2.05) is 30.3 Å². The van der Waals surface area contributed by atoms with Crippen LogP contribution in [0.3, 0.4) is 0 Å². The molecule has 0 aromatic heterocycles. The molecular weight excluding hydrogens is 586 g/mol. The minimum absolute atomic E-state index is 0.0179. The predicted molar refractivity (Wildman–Crippen MR) is 157 cm³/mol. The molecule has 0 radical (unpaired) electrons. The number of azo groups is 1. The van der Waals surface area contributed by atoms with E-state index >= 15 is 0 Å². The SMILES string of the molecule is CN1C(=O)c2cc(C#N)c(/N=N/c3cc4c(c5cccc(O)c35)N(CCc3ccccc3)CC(O)C4)c(Br)c2C1=O. The summed E-state index contributed by atoms with van der Waals surface area (Å²) in [4.78, 5) is 28.3. The van der Waals surface area contributed by atoms with Crippen molar-refractivity contribution in [2.45, 2.75) is 18.9 Å². The molecule has 1 unspecified atom stereocenters. The molecule has 0 spiro atoms. The number of aromatic hydroxyl groups is 1. The van der Waals surface area contributed by atoms with Gasteiger partial charge in [-0.15, -0.1) is 10.2 Å². The van der Waals surface area contributed by atoms with Gasteiger partial charge in [0.05, 0.1) is 38.3 Å². The summed E-state index contributed by atoms with van der Waals surface area (Å²) < 4.78 is 0.201. The second-order valence-electron chi connectivity index (χ2n) is 10.1. The number of rotatable bonds is 5. The van der Waals surface area contributed by atoms with Crippen LogP contribution in [0.2, 0.25) is 0 Å². The number of aliphatic hydroxyl groups excluding tert-OH is 1. The van der Waals surface area contributed by atoms with Crippen LogP contribution >= 0.6 is 15.9 Å². The van der Waals surface area contributed by atoms with Gasteiger partial charge in [-0.1, -0.05) is 42.5 Å². The van der Waals surface area contributed by atoms with Crippen LogP contribution in [-0.2, 0) is 12.8 Å². The number of imide groups is 1. The number of carbonyl (C=O) groups is 2. The fourth-order valence-electron chi connectivity index (χ4n) is 5.61. The Kier molecular flexibility index (Phi) is 6.77. The normalized spacial score (nSPS) is 16.4. The van der Waals surface area contributed by atoms with Gasteiger partial charge in [-0.05, 0) is 51.7 Å². The van der Waals surface area contributed by atoms with E-state index in [-0.39, 0.29) is 32.6 Å². The molecular formula is C31H24BrN5O4. The Bertz CT molecular complexity index is 1820. The molecule has 204 valence electrons. The van der Waals surface area contributed by atoms with Crippen molar-refractivity contribution in [3.63, 3.8) is 0 Å². The number of benzene rings is 4. The third-order valence-electron chi connectivity index (χ3n) is 7.56. The van der Waals surface area contributed by atoms with Gasteiger partial charge in [0.15, 0.2) is 0 Å². The molecule has 4 aromatic rings. The maximum atomic E-state index is 12.7. The summed E-state index contributed by atoms with van der Waals surface area (Å²) in [7, 11) is 1.38. The summed E-state index contributed by atoms with van der Waals surface area (Å²) in [6.45, 7) is 1.13. The zero-order valence-corrected chi connectivity index (χ0v) is 23.6. The summed E-state index contributed by atoms with van der Waals surface area (Å²) in [5, 5.41) is 41.6. The first kappa shape index (κ1) is 26.6. The van der Waals surface area contributed by atoms with E-state index in [1.165, 1.54) is 18.7 Å². The van der Waals surface area contributed by atoms with E-state index < -0.39 is 17.9 Å². The highest BCUT2D eigenvalue weighted by Gasteiger charge is 2.37. The Labute approximate surface area is 244 Å². The molecule has 6 rings (SSSR count). The number of halogens is 1. The first-order valence-electron chi connectivity index (χ1n) is 13.0. The van der Waals surface area contributed by atoms with Crippen LogP contribution in [0.4, 0.5) is 17.1 Å². The molecule has 10 heteroatoms. The highest BCUT2D eigenvalue weighted by molar-refractivity contribution is 9.10. The highest BCUT2D eigenvalue weighted by atomic mass is 79.9. The van der Waals surface area contributed by atoms with Gasteiger partial charge >= 0.3 is 0 Å². The Morgan fingerprint density at radius 3 is 2.61 bits per heavy atom. The van der Waals surface area contributed by atoms with Crippen molar-refractivity contribution in [2.75, 3.05) is 25.0 Å². The third kappa shape index (κ3) is 4.53. The standard InChI is InChI=1S/C31H24BrN5O4/c1-36-30(40)22-13-19(15-33)28(27(32)26(22)31(36)41)35-34-23-14-18-12-20(38)16-37(11-10-17-6-3-2-4-7-17)29(18)21-8-5-9-24(39)25(21)23/h2-9,13-14,20,38-39H,10-12,16H2,1H3/b35-34+. The van der Waals surface area contributed by atoms with Gasteiger partial charge in [0.2, 0.25) is 0 Å². The molecule has 2 aliphatic heterocycles. The monoisotopic (exact) mass is 609 g/mol. The van der Waals surface area contributed by atoms with Crippen molar-refractivity contribution < 1.29 is 19.8 Å². The van der Waals surface area contributed by atoms with Crippen LogP contribution in [0.1, 0.15) is 37.4 Å². The minimum atomic E-state index is -0.589. The van der Waals surface area contributed by atoms with E-state index in [0.29, 0.717) is 30.6 Å². The molecule has 0 fully saturated rings. The van der Waals surface area contributed by atoms with Gasteiger partial charge in [-0.2, -0.15) is 5.26 Å². The quantitative estimate of drug-likeness (QED) is 0.218. The van der Waals surface area contributed by atoms with Crippen molar-refractivity contribution in [1.29, 1.82) is 5.26 Å². The summed E-state index contributed by atoms with van der Waals surface area (Å²) in [6, 6.07) is 20.6. The molecule has 0 saturated carbocycles. The fourth-order valence-corrected chi connectivity index (χ4v) is 6.29. The number of phenols is 1. The molecule has 0 saturated heterocycles. The van der Waals surface area contributed by atoms with Crippen molar-refractivity contribution in [2.24, 2.45) is 10.2 Å². The molecule has 2 amide bonds. The number of phenolic OH excluding ortho intramolecular Hbond substituents is 1. The maximum Gasteiger partial charge on any atom is 0.262 e. The molecule has 0 bridgehead atoms. The number of carbonyl (C=O) groups excluding carboxylic acids is 2. The number of β-amino-alcohol motifs (C(OH)–C–C–N with tert-alkyl or cyclic N) is 1. The second-order valence-corrected chi connectivity index (χ2v) is 10.9. The number of amides is 2. The average molecular weight is 610 g/mol. The number of aliphatic hydroxyl groups is 1. The van der Waals surface area contributed by atoms with Crippen LogP contribution < -0.4 is 4.90 Å². The molecule has 2 N–H and O–H groups in total. The number of nitrogens with zero attached hydrogens (tertiary/aromatic N) is 5. The van der Waals surface area contributed by atoms with Crippen molar-refractivity contribution in [3.8, 4) is 11.8 Å². The van der Waals surface area contributed by atoms with Gasteiger partial charge in [-0.25, -0.2) is 0 Å². The van der Waals surface area contributed by atoms with E-state index in [4.69, 9.17) is 0 Å². The minimum Gasteiger partial charge on any atom is -0.507 e. The Hall–Kier alpha value is -4.59. The number of anilines is 1. The summed E-state index contributed by atoms with van der Waals surface area (Å²) >= 11 is 3.38. The van der Waals surface area contributed by atoms with Crippen LogP contribution in [0.25, 0.3) is 10.8 Å². The molecule has 2 heterocycles. The first-order chi connectivity index (χ1) is 19.8. The van der Waals surface area contributed by atoms with E-state index in [9.17, 15) is 25.1 Å². The van der Waals surface area contributed by atoms with Crippen LogP contribution in [0, 0.1) is 11.3 Å². The summed E-state index contributed by atoms with van der Waals surface area (Å²) in [5.74, 6) is -0.977. The predicted octanol–water partition coefficient (Wildman–Crippen LogP) is 5.79. The molecule has 9 nitrogen and oxygen atoms in total. The number of nitriles is 1. The van der Waals surface area contributed by atoms with Gasteiger partial charge in [-0.3, -0.25) is 14.5 Å². The number of fused-ring (bicyclic) bond motifs is 4. The molecule has 4 aromatic carbocycles. The van der Waals surface area contributed by atoms with Crippen molar-refractivity contribution in [3.05, 3.63) is 93.0 Å². The molecule has 2 aliphatic rings. The maximum absolute atomic E-state index is 12.7. The summed E-state index contributed by atoms with van der Waals surface area (Å²) in [6.07, 6.45) is 0.601. The van der Waals surface area contributed by atoms with E-state index in [2.05, 4.69) is 43.2 Å². The Morgan fingerprint density at radius 1 is 1.07 bits per heavy atom. The lowest BCUT2D eigenvalue weighted by Gasteiger charge is -2.35. The number of hydrogen-bond acceptors (Lipinski definition) is 8. The summed E-state index contributed by atoms with van der Waals surface area (Å²) in [5.41, 5.74) is 3.76. The van der Waals surface area contributed by atoms with Gasteiger partial charge in [0.25, 0.3) is 11.8 Å². The van der Waals surface area contributed by atoms with Gasteiger partial charge < -0.3 is 15.1 Å². The number of hydrogen-bond donors (Lipinski definition) is 2. The molecule has 0 aliphatic carbocycles. The smallest absolute Gasteiger partial charge is 0.262 e. The van der Waals surface area contributed by atoms with E-state index in [0.717, 1.165) is 28.0 Å². The highest BCUT2D eigenvalue weighted by Crippen LogP contribution is 2.45. The van der Waals surface area contributed by atoms with Gasteiger partial charge in [0.1, 0.15) is 17.5 Å².